The minimum atomic E-state index is -0.313. The summed E-state index contributed by atoms with van der Waals surface area (Å²) in [5.74, 6) is 5.21. The molecule has 0 radical (unpaired) electrons. The maximum absolute atomic E-state index is 10.8. The molecule has 3 aliphatic carbocycles. The molecule has 2 bridgehead atoms. The van der Waals surface area contributed by atoms with Gasteiger partial charge in [-0.25, -0.2) is 0 Å². The van der Waals surface area contributed by atoms with Crippen LogP contribution in [0.25, 0.3) is 0 Å². The smallest absolute Gasteiger partial charge is 0.302 e. The third-order valence-electron chi connectivity index (χ3n) is 11.1. The lowest BCUT2D eigenvalue weighted by Gasteiger charge is -2.26. The Labute approximate surface area is 432 Å². The molecule has 0 heterocycles. The zero-order valence-corrected chi connectivity index (χ0v) is 43.6. The summed E-state index contributed by atoms with van der Waals surface area (Å²) in [6, 6.07) is 15.8. The molecule has 0 amide bonds. The van der Waals surface area contributed by atoms with E-state index in [1.54, 1.807) is 52.4 Å². The first-order chi connectivity index (χ1) is 33.5. The second-order valence-electron chi connectivity index (χ2n) is 16.9. The van der Waals surface area contributed by atoms with Gasteiger partial charge in [0.05, 0.1) is 39.6 Å². The van der Waals surface area contributed by atoms with E-state index in [1.807, 2.05) is 48.5 Å². The first kappa shape index (κ1) is 74.2. The molecule has 0 saturated heterocycles. The summed E-state index contributed by atoms with van der Waals surface area (Å²) in [4.78, 5) is 41.1. The number of carbonyl (C=O) groups is 4. The molecular weight excluding hydrogens is 933 g/mol. The number of aliphatic hydroxyl groups excluding tert-OH is 6. The fraction of sp³-hybridized carbons (Fsp3) is 0.709. The zero-order valence-electron chi connectivity index (χ0n) is 43.6. The number of aliphatic hydroxyl groups is 6. The molecule has 17 heteroatoms. The van der Waals surface area contributed by atoms with Gasteiger partial charge in [0.1, 0.15) is 37.9 Å². The summed E-state index contributed by atoms with van der Waals surface area (Å²) in [5.41, 5.74) is 2.09. The number of hydrogen-bond donors (Lipinski definition) is 6. The Bertz CT molecular complexity index is 1460. The fourth-order valence-corrected chi connectivity index (χ4v) is 7.92. The molecule has 4 unspecified atom stereocenters. The van der Waals surface area contributed by atoms with Crippen molar-refractivity contribution >= 4 is 23.9 Å². The fourth-order valence-electron chi connectivity index (χ4n) is 7.92. The summed E-state index contributed by atoms with van der Waals surface area (Å²) in [5, 5.41) is 48.0. The molecule has 5 rings (SSSR count). The van der Waals surface area contributed by atoms with Crippen LogP contribution in [0.15, 0.2) is 48.5 Å². The van der Waals surface area contributed by atoms with Crippen LogP contribution in [-0.2, 0) is 48.3 Å². The quantitative estimate of drug-likeness (QED) is 0.0376. The van der Waals surface area contributed by atoms with Crippen molar-refractivity contribution in [2.24, 2.45) is 23.7 Å². The van der Waals surface area contributed by atoms with Crippen LogP contribution in [0.1, 0.15) is 146 Å². The molecule has 3 saturated carbocycles. The minimum absolute atomic E-state index is 0. The van der Waals surface area contributed by atoms with Crippen LogP contribution in [0, 0.1) is 23.7 Å². The van der Waals surface area contributed by atoms with E-state index in [4.69, 9.17) is 54.3 Å². The van der Waals surface area contributed by atoms with Gasteiger partial charge in [0, 0.05) is 59.5 Å². The molecule has 72 heavy (non-hydrogen) atoms. The van der Waals surface area contributed by atoms with Crippen LogP contribution in [-0.4, -0.2) is 147 Å². The van der Waals surface area contributed by atoms with E-state index < -0.39 is 0 Å². The van der Waals surface area contributed by atoms with E-state index >= 15 is 0 Å². The van der Waals surface area contributed by atoms with E-state index in [0.717, 1.165) is 48.3 Å². The van der Waals surface area contributed by atoms with Crippen molar-refractivity contribution in [3.05, 3.63) is 59.7 Å². The Hall–Kier alpha value is -4.36. The van der Waals surface area contributed by atoms with Gasteiger partial charge in [0.2, 0.25) is 0 Å². The maximum Gasteiger partial charge on any atom is 0.302 e. The van der Waals surface area contributed by atoms with E-state index in [2.05, 4.69) is 23.3 Å². The molecule has 4 atom stereocenters. The number of esters is 4. The molecule has 0 aromatic heterocycles. The topological polar surface area (TPSA) is 254 Å². The normalized spacial score (nSPS) is 16.1. The van der Waals surface area contributed by atoms with E-state index in [1.165, 1.54) is 51.4 Å². The first-order valence-corrected chi connectivity index (χ1v) is 24.8. The van der Waals surface area contributed by atoms with Gasteiger partial charge < -0.3 is 63.8 Å². The average molecular weight is 1030 g/mol. The van der Waals surface area contributed by atoms with Gasteiger partial charge >= 0.3 is 23.9 Å². The van der Waals surface area contributed by atoms with Gasteiger partial charge in [0.25, 0.3) is 0 Å². The predicted octanol–water partition coefficient (Wildman–Crippen LogP) is 7.63. The average Bonchev–Trinajstić information content (AvgIpc) is 4.11. The highest BCUT2D eigenvalue weighted by atomic mass is 16.6. The number of benzene rings is 2. The molecule has 420 valence electrons. The van der Waals surface area contributed by atoms with E-state index in [0.29, 0.717) is 39.6 Å². The molecule has 0 spiro atoms. The highest BCUT2D eigenvalue weighted by Crippen LogP contribution is 2.58. The summed E-state index contributed by atoms with van der Waals surface area (Å²) in [6.45, 7) is 17.0. The lowest BCUT2D eigenvalue weighted by Crippen LogP contribution is -2.19. The van der Waals surface area contributed by atoms with Crippen LogP contribution < -0.4 is 9.47 Å². The van der Waals surface area contributed by atoms with Gasteiger partial charge in [-0.2, -0.15) is 0 Å². The molecule has 3 aliphatic rings. The number of unbranched alkanes of at least 4 members (excludes halogenated alkanes) is 2. The lowest BCUT2D eigenvalue weighted by atomic mass is 9.78. The Morgan fingerprint density at radius 3 is 1.12 bits per heavy atom. The molecule has 2 aromatic carbocycles. The van der Waals surface area contributed by atoms with Crippen molar-refractivity contribution in [3.63, 3.8) is 0 Å². The van der Waals surface area contributed by atoms with Gasteiger partial charge in [-0.3, -0.25) is 19.2 Å². The summed E-state index contributed by atoms with van der Waals surface area (Å²) in [6.07, 6.45) is 12.6. The highest BCUT2D eigenvalue weighted by Gasteiger charge is 2.48. The van der Waals surface area contributed by atoms with Crippen molar-refractivity contribution in [2.75, 3.05) is 92.5 Å². The van der Waals surface area contributed by atoms with Crippen molar-refractivity contribution < 1.29 is 83.0 Å². The van der Waals surface area contributed by atoms with Crippen molar-refractivity contribution in [2.45, 2.75) is 140 Å². The van der Waals surface area contributed by atoms with Crippen molar-refractivity contribution in [3.8, 4) is 11.5 Å². The SMILES string of the molecule is C.C.C1CC2C3CCC(C3)C2C1.CC(=O)OCCOc1ccc(C(C)(C)c2ccc(OCCOC(C)=O)cc2)cc1.CCOC(C)=O.CCOC(C)=O.OCCCCO.OCCCCOCCO.OCCO. The van der Waals surface area contributed by atoms with Crippen molar-refractivity contribution in [1.82, 2.24) is 0 Å². The lowest BCUT2D eigenvalue weighted by molar-refractivity contribution is -0.142. The third kappa shape index (κ3) is 38.3. The summed E-state index contributed by atoms with van der Waals surface area (Å²) >= 11 is 0. The maximum atomic E-state index is 10.8. The summed E-state index contributed by atoms with van der Waals surface area (Å²) < 4.78 is 34.6. The van der Waals surface area contributed by atoms with Crippen LogP contribution in [0.3, 0.4) is 0 Å². The second-order valence-corrected chi connectivity index (χ2v) is 16.9. The highest BCUT2D eigenvalue weighted by molar-refractivity contribution is 5.66. The van der Waals surface area contributed by atoms with Crippen LogP contribution in [0.4, 0.5) is 0 Å². The molecule has 3 fully saturated rings. The number of carbonyl (C=O) groups excluding carboxylic acids is 4. The molecule has 0 aliphatic heterocycles. The Morgan fingerprint density at radius 1 is 0.472 bits per heavy atom. The van der Waals surface area contributed by atoms with Gasteiger partial charge in [-0.05, 0) is 131 Å². The monoisotopic (exact) mass is 1030 g/mol. The van der Waals surface area contributed by atoms with E-state index in [-0.39, 0.29) is 97.0 Å². The predicted molar refractivity (Wildman–Crippen MR) is 281 cm³/mol. The van der Waals surface area contributed by atoms with Crippen LogP contribution in [0.5, 0.6) is 11.5 Å². The minimum Gasteiger partial charge on any atom is -0.490 e. The molecule has 17 nitrogen and oxygen atoms in total. The Morgan fingerprint density at radius 2 is 0.833 bits per heavy atom. The number of fused-ring (bicyclic) bond motifs is 5. The third-order valence-corrected chi connectivity index (χ3v) is 11.1. The number of hydrogen-bond acceptors (Lipinski definition) is 17. The summed E-state index contributed by atoms with van der Waals surface area (Å²) in [7, 11) is 0. The first-order valence-electron chi connectivity index (χ1n) is 24.8. The number of ether oxygens (including phenoxy) is 7. The van der Waals surface area contributed by atoms with E-state index in [9.17, 15) is 19.2 Å². The molecule has 6 N–H and O–H groups in total. The van der Waals surface area contributed by atoms with Crippen LogP contribution in [0.2, 0.25) is 0 Å². The second kappa shape index (κ2) is 48.9. The Kier molecular flexibility index (Phi) is 50.4. The van der Waals surface area contributed by atoms with Gasteiger partial charge in [-0.1, -0.05) is 59.4 Å². The van der Waals surface area contributed by atoms with Crippen molar-refractivity contribution in [1.29, 1.82) is 0 Å². The molecular formula is C55H98O17. The Balaban J connectivity index is -0.000000438. The largest absolute Gasteiger partial charge is 0.490 e. The standard InChI is InChI=1S/C23H28O6.C10H16.C6H14O3.2C4H8O2.C4H10O2.C2H6O2.2CH4/c1-17(24)26-13-15-28-21-9-5-19(6-10-21)23(3,4)20-7-11-22(12-8-20)29-16-14-27-18(2)25;1-2-9-7-4-5-8(6-7)10(9)3-1;7-3-1-2-5-9-6-4-8;2*1-3-6-4(2)5;5-3-1-2-4-6;3-1-2-4;;/h5-12H,13-16H2,1-4H3;7-10H,1-6H2;7-8H,1-6H2;2*3H2,1-2H3;5-6H,1-4H2;3-4H,1-2H2;2*1H4. The van der Waals surface area contributed by atoms with Gasteiger partial charge in [0.15, 0.2) is 0 Å². The van der Waals surface area contributed by atoms with Crippen LogP contribution >= 0.6 is 0 Å². The number of rotatable bonds is 22. The zero-order chi connectivity index (χ0) is 53.0. The van der Waals surface area contributed by atoms with Gasteiger partial charge in [-0.15, -0.1) is 0 Å². The molecule has 2 aromatic rings.